The highest BCUT2D eigenvalue weighted by Crippen LogP contribution is 2.03. The lowest BCUT2D eigenvalue weighted by Crippen LogP contribution is -2.47. The van der Waals surface area contributed by atoms with Crippen molar-refractivity contribution in [3.8, 4) is 0 Å². The normalized spacial score (nSPS) is 19.6. The van der Waals surface area contributed by atoms with Gasteiger partial charge in [-0.3, -0.25) is 4.90 Å². The second-order valence-electron chi connectivity index (χ2n) is 4.07. The second-order valence-corrected chi connectivity index (χ2v) is 4.45. The van der Waals surface area contributed by atoms with Crippen molar-refractivity contribution in [3.63, 3.8) is 0 Å². The molecule has 0 saturated carbocycles. The number of hydrogen-bond donors (Lipinski definition) is 0. The third kappa shape index (κ3) is 5.71. The van der Waals surface area contributed by atoms with Crippen molar-refractivity contribution >= 4 is 11.6 Å². The van der Waals surface area contributed by atoms with Gasteiger partial charge in [-0.1, -0.05) is 0 Å². The SMILES string of the molecule is COCCCCN1CCN(CCCl)CC1. The van der Waals surface area contributed by atoms with Crippen molar-refractivity contribution in [2.24, 2.45) is 0 Å². The standard InChI is InChI=1S/C11H23ClN2O/c1-15-11-3-2-5-13-7-9-14(6-4-12)10-8-13/h2-11H2,1H3. The van der Waals surface area contributed by atoms with E-state index in [1.807, 2.05) is 0 Å². The Morgan fingerprint density at radius 3 is 2.13 bits per heavy atom. The number of hydrogen-bond acceptors (Lipinski definition) is 3. The first kappa shape index (κ1) is 13.2. The van der Waals surface area contributed by atoms with Gasteiger partial charge in [-0.15, -0.1) is 11.6 Å². The Balaban J connectivity index is 1.99. The fourth-order valence-electron chi connectivity index (χ4n) is 1.94. The third-order valence-corrected chi connectivity index (χ3v) is 3.11. The minimum Gasteiger partial charge on any atom is -0.385 e. The van der Waals surface area contributed by atoms with Gasteiger partial charge in [-0.05, 0) is 19.4 Å². The van der Waals surface area contributed by atoms with Gasteiger partial charge in [-0.2, -0.15) is 0 Å². The van der Waals surface area contributed by atoms with Crippen LogP contribution in [0.5, 0.6) is 0 Å². The molecule has 0 spiro atoms. The zero-order chi connectivity index (χ0) is 10.9. The van der Waals surface area contributed by atoms with E-state index in [1.54, 1.807) is 7.11 Å². The Kier molecular flexibility index (Phi) is 7.36. The number of unbranched alkanes of at least 4 members (excludes halogenated alkanes) is 1. The van der Waals surface area contributed by atoms with E-state index in [4.69, 9.17) is 16.3 Å². The highest BCUT2D eigenvalue weighted by atomic mass is 35.5. The van der Waals surface area contributed by atoms with Gasteiger partial charge in [0.15, 0.2) is 0 Å². The minimum atomic E-state index is 0.758. The van der Waals surface area contributed by atoms with E-state index >= 15 is 0 Å². The van der Waals surface area contributed by atoms with Crippen LogP contribution in [-0.2, 0) is 4.74 Å². The number of rotatable bonds is 7. The molecule has 1 aliphatic heterocycles. The van der Waals surface area contributed by atoms with E-state index in [-0.39, 0.29) is 0 Å². The van der Waals surface area contributed by atoms with Gasteiger partial charge in [0.1, 0.15) is 0 Å². The zero-order valence-electron chi connectivity index (χ0n) is 9.75. The lowest BCUT2D eigenvalue weighted by Gasteiger charge is -2.34. The van der Waals surface area contributed by atoms with Crippen LogP contribution in [0.3, 0.4) is 0 Å². The number of piperazine rings is 1. The smallest absolute Gasteiger partial charge is 0.0462 e. The van der Waals surface area contributed by atoms with Crippen LogP contribution in [0.4, 0.5) is 0 Å². The Bertz CT molecular complexity index is 147. The number of nitrogens with zero attached hydrogens (tertiary/aromatic N) is 2. The van der Waals surface area contributed by atoms with Gasteiger partial charge < -0.3 is 9.64 Å². The second kappa shape index (κ2) is 8.34. The Hall–Kier alpha value is 0.170. The molecule has 0 amide bonds. The van der Waals surface area contributed by atoms with E-state index in [9.17, 15) is 0 Å². The lowest BCUT2D eigenvalue weighted by atomic mass is 10.2. The molecule has 4 heteroatoms. The molecule has 1 aliphatic rings. The summed E-state index contributed by atoms with van der Waals surface area (Å²) in [5.41, 5.74) is 0. The topological polar surface area (TPSA) is 15.7 Å². The van der Waals surface area contributed by atoms with Crippen molar-refractivity contribution in [1.29, 1.82) is 0 Å². The summed E-state index contributed by atoms with van der Waals surface area (Å²) in [5, 5.41) is 0. The maximum absolute atomic E-state index is 5.72. The summed E-state index contributed by atoms with van der Waals surface area (Å²) < 4.78 is 5.04. The predicted molar refractivity (Wildman–Crippen MR) is 64.7 cm³/mol. The van der Waals surface area contributed by atoms with Crippen molar-refractivity contribution in [1.82, 2.24) is 9.80 Å². The number of halogens is 1. The first-order chi connectivity index (χ1) is 7.36. The van der Waals surface area contributed by atoms with E-state index in [0.29, 0.717) is 0 Å². The summed E-state index contributed by atoms with van der Waals surface area (Å²) >= 11 is 5.72. The van der Waals surface area contributed by atoms with Crippen molar-refractivity contribution in [3.05, 3.63) is 0 Å². The highest BCUT2D eigenvalue weighted by Gasteiger charge is 2.15. The first-order valence-corrected chi connectivity index (χ1v) is 6.40. The molecule has 1 heterocycles. The minimum absolute atomic E-state index is 0.758. The lowest BCUT2D eigenvalue weighted by molar-refractivity contribution is 0.130. The molecule has 0 unspecified atom stereocenters. The van der Waals surface area contributed by atoms with Gasteiger partial charge in [-0.25, -0.2) is 0 Å². The summed E-state index contributed by atoms with van der Waals surface area (Å²) in [6, 6.07) is 0. The van der Waals surface area contributed by atoms with Crippen LogP contribution < -0.4 is 0 Å². The fraction of sp³-hybridized carbons (Fsp3) is 1.00. The molecule has 0 aromatic heterocycles. The molecule has 1 rings (SSSR count). The summed E-state index contributed by atoms with van der Waals surface area (Å²) in [5.74, 6) is 0.758. The average Bonchev–Trinajstić information content (AvgIpc) is 2.27. The van der Waals surface area contributed by atoms with Crippen LogP contribution in [0.1, 0.15) is 12.8 Å². The van der Waals surface area contributed by atoms with Gasteiger partial charge in [0.2, 0.25) is 0 Å². The van der Waals surface area contributed by atoms with Crippen molar-refractivity contribution in [2.75, 3.05) is 58.9 Å². The van der Waals surface area contributed by atoms with Crippen LogP contribution in [0, 0.1) is 0 Å². The van der Waals surface area contributed by atoms with Gasteiger partial charge in [0.05, 0.1) is 0 Å². The van der Waals surface area contributed by atoms with Crippen LogP contribution in [0.15, 0.2) is 0 Å². The summed E-state index contributed by atoms with van der Waals surface area (Å²) in [6.45, 7) is 7.91. The largest absolute Gasteiger partial charge is 0.385 e. The van der Waals surface area contributed by atoms with Crippen molar-refractivity contribution in [2.45, 2.75) is 12.8 Å². The van der Waals surface area contributed by atoms with Crippen molar-refractivity contribution < 1.29 is 4.74 Å². The third-order valence-electron chi connectivity index (χ3n) is 2.94. The van der Waals surface area contributed by atoms with Gasteiger partial charge in [0, 0.05) is 52.3 Å². The summed E-state index contributed by atoms with van der Waals surface area (Å²) in [4.78, 5) is 4.99. The van der Waals surface area contributed by atoms with Crippen LogP contribution in [0.2, 0.25) is 0 Å². The van der Waals surface area contributed by atoms with Crippen LogP contribution in [-0.4, -0.2) is 68.7 Å². The van der Waals surface area contributed by atoms with E-state index in [1.165, 1.54) is 45.6 Å². The molecule has 1 saturated heterocycles. The first-order valence-electron chi connectivity index (χ1n) is 5.86. The highest BCUT2D eigenvalue weighted by molar-refractivity contribution is 6.18. The fourth-order valence-corrected chi connectivity index (χ4v) is 2.18. The Morgan fingerprint density at radius 2 is 1.60 bits per heavy atom. The molecule has 3 nitrogen and oxygen atoms in total. The predicted octanol–water partition coefficient (Wildman–Crippen LogP) is 1.27. The molecule has 15 heavy (non-hydrogen) atoms. The van der Waals surface area contributed by atoms with Gasteiger partial charge in [0.25, 0.3) is 0 Å². The number of alkyl halides is 1. The summed E-state index contributed by atoms with van der Waals surface area (Å²) in [7, 11) is 1.77. The van der Waals surface area contributed by atoms with Gasteiger partial charge >= 0.3 is 0 Å². The molecule has 0 aromatic rings. The molecular formula is C11H23ClN2O. The molecule has 0 atom stereocenters. The van der Waals surface area contributed by atoms with E-state index in [0.717, 1.165) is 19.0 Å². The maximum atomic E-state index is 5.72. The van der Waals surface area contributed by atoms with E-state index < -0.39 is 0 Å². The Labute approximate surface area is 98.3 Å². The zero-order valence-corrected chi connectivity index (χ0v) is 10.5. The van der Waals surface area contributed by atoms with E-state index in [2.05, 4.69) is 9.80 Å². The van der Waals surface area contributed by atoms with Crippen LogP contribution >= 0.6 is 11.6 Å². The summed E-state index contributed by atoms with van der Waals surface area (Å²) in [6.07, 6.45) is 2.43. The molecule has 0 aliphatic carbocycles. The number of ether oxygens (including phenoxy) is 1. The Morgan fingerprint density at radius 1 is 1.00 bits per heavy atom. The molecule has 0 aromatic carbocycles. The molecule has 0 N–H and O–H groups in total. The molecule has 0 radical (unpaired) electrons. The number of methoxy groups -OCH3 is 1. The molecule has 0 bridgehead atoms. The molecular weight excluding hydrogens is 212 g/mol. The maximum Gasteiger partial charge on any atom is 0.0462 e. The molecule has 1 fully saturated rings. The van der Waals surface area contributed by atoms with Crippen LogP contribution in [0.25, 0.3) is 0 Å². The quantitative estimate of drug-likeness (QED) is 0.488. The average molecular weight is 235 g/mol. The monoisotopic (exact) mass is 234 g/mol. The molecule has 90 valence electrons.